The summed E-state index contributed by atoms with van der Waals surface area (Å²) in [7, 11) is 1.67. The van der Waals surface area contributed by atoms with Crippen molar-refractivity contribution in [3.63, 3.8) is 0 Å². The van der Waals surface area contributed by atoms with E-state index >= 15 is 0 Å². The van der Waals surface area contributed by atoms with Crippen LogP contribution in [0.1, 0.15) is 49.8 Å². The smallest absolute Gasteiger partial charge is 0.257 e. The van der Waals surface area contributed by atoms with Crippen molar-refractivity contribution in [2.45, 2.75) is 44.7 Å². The Morgan fingerprint density at radius 1 is 1.03 bits per heavy atom. The van der Waals surface area contributed by atoms with Gasteiger partial charge in [0.15, 0.2) is 0 Å². The number of benzene rings is 3. The number of carbonyl (C=O) groups excluding carboxylic acids is 1. The van der Waals surface area contributed by atoms with Gasteiger partial charge in [-0.2, -0.15) is 5.10 Å². The van der Waals surface area contributed by atoms with Crippen molar-refractivity contribution < 1.29 is 9.53 Å². The molecule has 0 aromatic heterocycles. The van der Waals surface area contributed by atoms with Crippen LogP contribution in [0.2, 0.25) is 0 Å². The van der Waals surface area contributed by atoms with Gasteiger partial charge in [0, 0.05) is 12.5 Å². The lowest BCUT2D eigenvalue weighted by atomic mass is 9.97. The summed E-state index contributed by atoms with van der Waals surface area (Å²) in [6.07, 6.45) is 4.26. The van der Waals surface area contributed by atoms with Gasteiger partial charge in [0.2, 0.25) is 0 Å². The van der Waals surface area contributed by atoms with E-state index in [1.165, 1.54) is 17.2 Å². The zero-order chi connectivity index (χ0) is 22.8. The number of hydrogen-bond donors (Lipinski definition) is 0. The van der Waals surface area contributed by atoms with Crippen LogP contribution < -0.4 is 4.74 Å². The molecule has 0 saturated carbocycles. The van der Waals surface area contributed by atoms with Crippen LogP contribution in [0.25, 0.3) is 10.8 Å². The fourth-order valence-corrected chi connectivity index (χ4v) is 5.01. The van der Waals surface area contributed by atoms with E-state index in [0.717, 1.165) is 42.0 Å². The number of hydrogen-bond acceptors (Lipinski definition) is 4. The van der Waals surface area contributed by atoms with Crippen molar-refractivity contribution >= 4 is 22.4 Å². The molecule has 2 aliphatic rings. The standard InChI is InChI=1S/C28H31N3O2/c1-20-7-5-6-16-30(20)19-28(32)31-27(22-12-14-25(33-2)15-13-22)18-26(29-31)24-11-10-21-8-3-4-9-23(21)17-24/h3-4,8-15,17,20,27H,5-7,16,18-19H2,1-2H3. The van der Waals surface area contributed by atoms with Crippen molar-refractivity contribution in [2.24, 2.45) is 5.10 Å². The van der Waals surface area contributed by atoms with Gasteiger partial charge in [0.1, 0.15) is 5.75 Å². The highest BCUT2D eigenvalue weighted by Gasteiger charge is 2.34. The largest absolute Gasteiger partial charge is 0.497 e. The number of piperidine rings is 1. The Morgan fingerprint density at radius 2 is 1.82 bits per heavy atom. The average Bonchev–Trinajstić information content (AvgIpc) is 3.31. The first-order valence-corrected chi connectivity index (χ1v) is 11.9. The number of fused-ring (bicyclic) bond motifs is 1. The van der Waals surface area contributed by atoms with E-state index in [1.54, 1.807) is 12.1 Å². The number of hydrazone groups is 1. The zero-order valence-corrected chi connectivity index (χ0v) is 19.4. The fourth-order valence-electron chi connectivity index (χ4n) is 5.01. The second-order valence-corrected chi connectivity index (χ2v) is 9.16. The Labute approximate surface area is 195 Å². The predicted molar refractivity (Wildman–Crippen MR) is 133 cm³/mol. The minimum absolute atomic E-state index is 0.0698. The Bertz CT molecular complexity index is 1170. The van der Waals surface area contributed by atoms with Gasteiger partial charge < -0.3 is 4.74 Å². The Balaban J connectivity index is 1.45. The van der Waals surface area contributed by atoms with Crippen molar-refractivity contribution in [2.75, 3.05) is 20.2 Å². The van der Waals surface area contributed by atoms with E-state index in [0.29, 0.717) is 19.0 Å². The van der Waals surface area contributed by atoms with Crippen LogP contribution in [-0.2, 0) is 4.79 Å². The molecule has 0 spiro atoms. The molecule has 0 bridgehead atoms. The second-order valence-electron chi connectivity index (χ2n) is 9.16. The monoisotopic (exact) mass is 441 g/mol. The predicted octanol–water partition coefficient (Wildman–Crippen LogP) is 5.40. The van der Waals surface area contributed by atoms with Crippen LogP contribution in [0.3, 0.4) is 0 Å². The van der Waals surface area contributed by atoms with Gasteiger partial charge >= 0.3 is 0 Å². The molecule has 2 aliphatic heterocycles. The van der Waals surface area contributed by atoms with Gasteiger partial charge in [0.05, 0.1) is 25.4 Å². The summed E-state index contributed by atoms with van der Waals surface area (Å²) in [5, 5.41) is 9.02. The molecule has 0 aliphatic carbocycles. The summed E-state index contributed by atoms with van der Waals surface area (Å²) in [5.41, 5.74) is 3.12. The summed E-state index contributed by atoms with van der Waals surface area (Å²) < 4.78 is 5.33. The normalized spacial score (nSPS) is 21.3. The number of nitrogens with zero attached hydrogens (tertiary/aromatic N) is 3. The summed E-state index contributed by atoms with van der Waals surface area (Å²) in [4.78, 5) is 15.8. The van der Waals surface area contributed by atoms with Crippen LogP contribution in [0.15, 0.2) is 71.8 Å². The molecule has 2 heterocycles. The molecule has 5 rings (SSSR count). The first-order chi connectivity index (χ1) is 16.1. The molecule has 33 heavy (non-hydrogen) atoms. The molecule has 3 aromatic carbocycles. The fraction of sp³-hybridized carbons (Fsp3) is 0.357. The average molecular weight is 442 g/mol. The molecule has 2 unspecified atom stereocenters. The van der Waals surface area contributed by atoms with Crippen LogP contribution >= 0.6 is 0 Å². The van der Waals surface area contributed by atoms with Gasteiger partial charge in [-0.15, -0.1) is 0 Å². The zero-order valence-electron chi connectivity index (χ0n) is 19.4. The molecule has 3 aromatic rings. The van der Waals surface area contributed by atoms with Crippen molar-refractivity contribution in [1.82, 2.24) is 9.91 Å². The molecular weight excluding hydrogens is 410 g/mol. The minimum atomic E-state index is -0.107. The Morgan fingerprint density at radius 3 is 2.58 bits per heavy atom. The SMILES string of the molecule is COc1ccc(C2CC(c3ccc4ccccc4c3)=NN2C(=O)CN2CCCCC2C)cc1. The first kappa shape index (κ1) is 21.7. The number of rotatable bonds is 5. The van der Waals surface area contributed by atoms with Crippen LogP contribution in [0, 0.1) is 0 Å². The highest BCUT2D eigenvalue weighted by molar-refractivity contribution is 6.05. The lowest BCUT2D eigenvalue weighted by Crippen LogP contribution is -2.44. The highest BCUT2D eigenvalue weighted by atomic mass is 16.5. The maximum absolute atomic E-state index is 13.5. The third kappa shape index (κ3) is 4.51. The number of likely N-dealkylation sites (tertiary alicyclic amines) is 1. The molecule has 1 fully saturated rings. The van der Waals surface area contributed by atoms with Crippen LogP contribution in [0.5, 0.6) is 5.75 Å². The van der Waals surface area contributed by atoms with Crippen molar-refractivity contribution in [3.8, 4) is 5.75 Å². The maximum Gasteiger partial charge on any atom is 0.257 e. The highest BCUT2D eigenvalue weighted by Crippen LogP contribution is 2.34. The van der Waals surface area contributed by atoms with E-state index in [2.05, 4.69) is 54.3 Å². The van der Waals surface area contributed by atoms with Gasteiger partial charge in [-0.25, -0.2) is 5.01 Å². The summed E-state index contributed by atoms with van der Waals surface area (Å²) in [5.74, 6) is 0.882. The molecule has 5 heteroatoms. The van der Waals surface area contributed by atoms with E-state index in [-0.39, 0.29) is 11.9 Å². The topological polar surface area (TPSA) is 45.1 Å². The lowest BCUT2D eigenvalue weighted by Gasteiger charge is -2.34. The quantitative estimate of drug-likeness (QED) is 0.532. The maximum atomic E-state index is 13.5. The number of methoxy groups -OCH3 is 1. The molecular formula is C28H31N3O2. The van der Waals surface area contributed by atoms with Crippen molar-refractivity contribution in [1.29, 1.82) is 0 Å². The van der Waals surface area contributed by atoms with Gasteiger partial charge in [0.25, 0.3) is 5.91 Å². The van der Waals surface area contributed by atoms with E-state index in [4.69, 9.17) is 9.84 Å². The lowest BCUT2D eigenvalue weighted by molar-refractivity contribution is -0.135. The van der Waals surface area contributed by atoms with E-state index in [1.807, 2.05) is 24.3 Å². The Hall–Kier alpha value is -3.18. The van der Waals surface area contributed by atoms with Crippen molar-refractivity contribution in [3.05, 3.63) is 77.9 Å². The number of amides is 1. The number of ether oxygens (including phenoxy) is 1. The molecule has 0 radical (unpaired) electrons. The van der Waals surface area contributed by atoms with Gasteiger partial charge in [-0.1, -0.05) is 55.0 Å². The van der Waals surface area contributed by atoms with E-state index in [9.17, 15) is 4.79 Å². The van der Waals surface area contributed by atoms with Crippen LogP contribution in [0.4, 0.5) is 0 Å². The Kier molecular flexibility index (Phi) is 6.14. The minimum Gasteiger partial charge on any atom is -0.497 e. The third-order valence-corrected chi connectivity index (χ3v) is 7.03. The summed E-state index contributed by atoms with van der Waals surface area (Å²) >= 11 is 0. The summed E-state index contributed by atoms with van der Waals surface area (Å²) in [6, 6.07) is 23.1. The molecule has 5 nitrogen and oxygen atoms in total. The summed E-state index contributed by atoms with van der Waals surface area (Å²) in [6.45, 7) is 3.62. The third-order valence-electron chi connectivity index (χ3n) is 7.03. The number of carbonyl (C=O) groups is 1. The molecule has 170 valence electrons. The first-order valence-electron chi connectivity index (χ1n) is 11.9. The molecule has 1 amide bonds. The van der Waals surface area contributed by atoms with E-state index < -0.39 is 0 Å². The van der Waals surface area contributed by atoms with Crippen LogP contribution in [-0.4, -0.2) is 47.8 Å². The molecule has 1 saturated heterocycles. The molecule has 2 atom stereocenters. The molecule has 0 N–H and O–H groups in total. The second kappa shape index (κ2) is 9.36. The van der Waals surface area contributed by atoms with Gasteiger partial charge in [-0.3, -0.25) is 9.69 Å². The van der Waals surface area contributed by atoms with Gasteiger partial charge in [-0.05, 0) is 66.4 Å².